The summed E-state index contributed by atoms with van der Waals surface area (Å²) < 4.78 is 0. The van der Waals surface area contributed by atoms with Crippen molar-refractivity contribution < 1.29 is 4.79 Å². The number of hydrogen-bond acceptors (Lipinski definition) is 2. The summed E-state index contributed by atoms with van der Waals surface area (Å²) >= 11 is 0. The first kappa shape index (κ1) is 21.7. The van der Waals surface area contributed by atoms with E-state index in [1.807, 2.05) is 30.3 Å². The van der Waals surface area contributed by atoms with Gasteiger partial charge in [0.05, 0.1) is 6.54 Å². The van der Waals surface area contributed by atoms with Gasteiger partial charge in [-0.05, 0) is 24.3 Å². The number of carbonyl (C=O) groups excluding carboxylic acids is 1. The Morgan fingerprint density at radius 3 is 2.43 bits per heavy atom. The fourth-order valence-electron chi connectivity index (χ4n) is 1.96. The Hall–Kier alpha value is -1.31. The van der Waals surface area contributed by atoms with Crippen molar-refractivity contribution in [3.05, 3.63) is 35.9 Å². The molecule has 0 aliphatic carbocycles. The summed E-state index contributed by atoms with van der Waals surface area (Å²) in [6.07, 6.45) is 2.28. The number of aliphatic imine (C=N–C) groups is 1. The van der Waals surface area contributed by atoms with Gasteiger partial charge in [-0.2, -0.15) is 0 Å². The number of amides is 1. The van der Waals surface area contributed by atoms with E-state index in [9.17, 15) is 4.79 Å². The van der Waals surface area contributed by atoms with E-state index < -0.39 is 0 Å². The molecule has 1 amide bonds. The first-order valence-corrected chi connectivity index (χ1v) is 7.87. The normalized spacial score (nSPS) is 10.9. The van der Waals surface area contributed by atoms with Crippen LogP contribution in [0.15, 0.2) is 35.3 Å². The lowest BCUT2D eigenvalue weighted by atomic mass is 10.1. The van der Waals surface area contributed by atoms with E-state index in [2.05, 4.69) is 34.8 Å². The average molecular weight is 432 g/mol. The molecule has 0 fully saturated rings. The Labute approximate surface area is 156 Å². The van der Waals surface area contributed by atoms with E-state index in [0.29, 0.717) is 18.4 Å². The highest BCUT2D eigenvalue weighted by atomic mass is 127. The molecule has 5 nitrogen and oxygen atoms in total. The molecule has 6 heteroatoms. The van der Waals surface area contributed by atoms with Crippen LogP contribution in [0.5, 0.6) is 0 Å². The summed E-state index contributed by atoms with van der Waals surface area (Å²) in [5.41, 5.74) is 1.09. The van der Waals surface area contributed by atoms with Gasteiger partial charge in [-0.15, -0.1) is 24.0 Å². The third-order valence-corrected chi connectivity index (χ3v) is 3.22. The van der Waals surface area contributed by atoms with Gasteiger partial charge < -0.3 is 16.0 Å². The minimum Gasteiger partial charge on any atom is -0.356 e. The molecule has 0 saturated carbocycles. The van der Waals surface area contributed by atoms with Crippen LogP contribution in [-0.4, -0.2) is 32.0 Å². The largest absolute Gasteiger partial charge is 0.356 e. The van der Waals surface area contributed by atoms with Crippen LogP contribution in [0.1, 0.15) is 32.3 Å². The van der Waals surface area contributed by atoms with Crippen LogP contribution in [0.25, 0.3) is 0 Å². The number of carbonyl (C=O) groups is 1. The minimum absolute atomic E-state index is 0. The summed E-state index contributed by atoms with van der Waals surface area (Å²) in [4.78, 5) is 15.9. The lowest BCUT2D eigenvalue weighted by Gasteiger charge is -2.12. The molecule has 23 heavy (non-hydrogen) atoms. The third-order valence-electron chi connectivity index (χ3n) is 3.22. The van der Waals surface area contributed by atoms with Gasteiger partial charge in [-0.3, -0.25) is 9.79 Å². The van der Waals surface area contributed by atoms with Crippen LogP contribution in [-0.2, 0) is 11.3 Å². The standard InChI is InChI=1S/C17H28N4O.HI/c1-14(2)8-7-11-19-17(18-3)21-13-16(22)20-12-15-9-5-4-6-10-15;/h4-6,9-10,14H,7-8,11-13H2,1-3H3,(H,20,22)(H2,18,19,21);1H. The van der Waals surface area contributed by atoms with E-state index in [0.717, 1.165) is 18.5 Å². The summed E-state index contributed by atoms with van der Waals surface area (Å²) in [6, 6.07) is 9.86. The second kappa shape index (κ2) is 13.2. The van der Waals surface area contributed by atoms with Crippen LogP contribution in [0.4, 0.5) is 0 Å². The molecule has 0 atom stereocenters. The zero-order chi connectivity index (χ0) is 16.2. The average Bonchev–Trinajstić information content (AvgIpc) is 2.53. The maximum absolute atomic E-state index is 11.8. The van der Waals surface area contributed by atoms with Gasteiger partial charge in [-0.1, -0.05) is 44.2 Å². The molecule has 0 radical (unpaired) electrons. The SMILES string of the molecule is CN=C(NCCCC(C)C)NCC(=O)NCc1ccccc1.I. The van der Waals surface area contributed by atoms with Crippen LogP contribution < -0.4 is 16.0 Å². The molecule has 0 bridgehead atoms. The number of nitrogens with one attached hydrogen (secondary N) is 3. The van der Waals surface area contributed by atoms with E-state index in [-0.39, 0.29) is 36.4 Å². The monoisotopic (exact) mass is 432 g/mol. The third kappa shape index (κ3) is 11.0. The Morgan fingerprint density at radius 2 is 1.83 bits per heavy atom. The van der Waals surface area contributed by atoms with Crippen molar-refractivity contribution in [2.24, 2.45) is 10.9 Å². The fourth-order valence-corrected chi connectivity index (χ4v) is 1.96. The Bertz CT molecular complexity index is 463. The van der Waals surface area contributed by atoms with Gasteiger partial charge in [0.2, 0.25) is 5.91 Å². The molecular weight excluding hydrogens is 403 g/mol. The quantitative estimate of drug-likeness (QED) is 0.256. The van der Waals surface area contributed by atoms with Crippen LogP contribution >= 0.6 is 24.0 Å². The Balaban J connectivity index is 0.00000484. The highest BCUT2D eigenvalue weighted by Gasteiger charge is 2.03. The number of hydrogen-bond donors (Lipinski definition) is 3. The highest BCUT2D eigenvalue weighted by Crippen LogP contribution is 2.01. The molecule has 3 N–H and O–H groups in total. The molecule has 1 rings (SSSR count). The van der Waals surface area contributed by atoms with Crippen molar-refractivity contribution in [2.75, 3.05) is 20.1 Å². The van der Waals surface area contributed by atoms with Crippen molar-refractivity contribution in [1.82, 2.24) is 16.0 Å². The summed E-state index contributed by atoms with van der Waals surface area (Å²) in [6.45, 7) is 6.05. The van der Waals surface area contributed by atoms with Crippen LogP contribution in [0.2, 0.25) is 0 Å². The molecule has 1 aromatic carbocycles. The fraction of sp³-hybridized carbons (Fsp3) is 0.529. The summed E-state index contributed by atoms with van der Waals surface area (Å²) in [5, 5.41) is 9.11. The molecule has 0 aliphatic rings. The summed E-state index contributed by atoms with van der Waals surface area (Å²) in [7, 11) is 1.71. The number of halogens is 1. The first-order chi connectivity index (χ1) is 10.6. The maximum atomic E-state index is 11.8. The summed E-state index contributed by atoms with van der Waals surface area (Å²) in [5.74, 6) is 1.33. The smallest absolute Gasteiger partial charge is 0.239 e. The van der Waals surface area contributed by atoms with Crippen molar-refractivity contribution in [2.45, 2.75) is 33.2 Å². The molecular formula is C17H29IN4O. The second-order valence-corrected chi connectivity index (χ2v) is 5.65. The van der Waals surface area contributed by atoms with Gasteiger partial charge >= 0.3 is 0 Å². The minimum atomic E-state index is -0.0472. The topological polar surface area (TPSA) is 65.5 Å². The van der Waals surface area contributed by atoms with Gasteiger partial charge in [0.15, 0.2) is 5.96 Å². The van der Waals surface area contributed by atoms with Gasteiger partial charge in [0, 0.05) is 20.1 Å². The lowest BCUT2D eigenvalue weighted by molar-refractivity contribution is -0.120. The van der Waals surface area contributed by atoms with Crippen LogP contribution in [0, 0.1) is 5.92 Å². The predicted octanol–water partition coefficient (Wildman–Crippen LogP) is 2.52. The van der Waals surface area contributed by atoms with Gasteiger partial charge in [-0.25, -0.2) is 0 Å². The van der Waals surface area contributed by atoms with Crippen LogP contribution in [0.3, 0.4) is 0 Å². The zero-order valence-corrected chi connectivity index (χ0v) is 16.6. The zero-order valence-electron chi connectivity index (χ0n) is 14.3. The Kier molecular flexibility index (Phi) is 12.4. The lowest BCUT2D eigenvalue weighted by Crippen LogP contribution is -2.43. The molecule has 1 aromatic rings. The molecule has 0 aromatic heterocycles. The van der Waals surface area contributed by atoms with Gasteiger partial charge in [0.25, 0.3) is 0 Å². The van der Waals surface area contributed by atoms with Crippen molar-refractivity contribution in [3.63, 3.8) is 0 Å². The molecule has 0 saturated heterocycles. The number of guanidine groups is 1. The maximum Gasteiger partial charge on any atom is 0.239 e. The van der Waals surface area contributed by atoms with E-state index >= 15 is 0 Å². The van der Waals surface area contributed by atoms with E-state index in [4.69, 9.17) is 0 Å². The number of nitrogens with zero attached hydrogens (tertiary/aromatic N) is 1. The first-order valence-electron chi connectivity index (χ1n) is 7.87. The number of rotatable bonds is 8. The van der Waals surface area contributed by atoms with Crippen molar-refractivity contribution in [1.29, 1.82) is 0 Å². The van der Waals surface area contributed by atoms with Crippen molar-refractivity contribution in [3.8, 4) is 0 Å². The van der Waals surface area contributed by atoms with E-state index in [1.54, 1.807) is 7.05 Å². The molecule has 0 aliphatic heterocycles. The van der Waals surface area contributed by atoms with Gasteiger partial charge in [0.1, 0.15) is 0 Å². The molecule has 0 spiro atoms. The molecule has 0 unspecified atom stereocenters. The number of benzene rings is 1. The molecule has 130 valence electrons. The Morgan fingerprint density at radius 1 is 1.13 bits per heavy atom. The van der Waals surface area contributed by atoms with E-state index in [1.165, 1.54) is 6.42 Å². The second-order valence-electron chi connectivity index (χ2n) is 5.65. The molecule has 0 heterocycles. The predicted molar refractivity (Wildman–Crippen MR) is 107 cm³/mol. The highest BCUT2D eigenvalue weighted by molar-refractivity contribution is 14.0. The van der Waals surface area contributed by atoms with Crippen molar-refractivity contribution >= 4 is 35.8 Å².